The van der Waals surface area contributed by atoms with Gasteiger partial charge in [0.2, 0.25) is 35.4 Å². The number of primary amides is 2. The van der Waals surface area contributed by atoms with Crippen LogP contribution in [0.5, 0.6) is 0 Å². The first-order valence-electron chi connectivity index (χ1n) is 24.5. The highest BCUT2D eigenvalue weighted by Crippen LogP contribution is 2.66. The number of aliphatic hydroxyl groups is 2. The van der Waals surface area contributed by atoms with Gasteiger partial charge in [0.15, 0.2) is 12.2 Å². The summed E-state index contributed by atoms with van der Waals surface area (Å²) in [6, 6.07) is -5.67. The van der Waals surface area contributed by atoms with E-state index in [1.54, 1.807) is 9.80 Å². The largest absolute Gasteiger partial charge is 0.381 e. The number of aliphatic hydroxyl groups excluding tert-OH is 2. The highest BCUT2D eigenvalue weighted by molar-refractivity contribution is 5.95. The van der Waals surface area contributed by atoms with Crippen LogP contribution in [0.1, 0.15) is 121 Å². The number of nitrogens with two attached hydrogens (primary N) is 2. The van der Waals surface area contributed by atoms with Crippen LogP contribution >= 0.6 is 0 Å². The van der Waals surface area contributed by atoms with E-state index in [4.69, 9.17) is 11.5 Å². The van der Waals surface area contributed by atoms with Crippen LogP contribution in [0.25, 0.3) is 0 Å². The van der Waals surface area contributed by atoms with Gasteiger partial charge >= 0.3 is 12.1 Å². The molecule has 6 fully saturated rings. The van der Waals surface area contributed by atoms with Crippen molar-refractivity contribution in [1.29, 1.82) is 0 Å². The number of amides is 10. The van der Waals surface area contributed by atoms with E-state index in [-0.39, 0.29) is 58.1 Å². The van der Waals surface area contributed by atoms with E-state index < -0.39 is 83.2 Å². The first-order chi connectivity index (χ1) is 31.4. The number of hydrogen-bond acceptors (Lipinski definition) is 10. The number of nitrogens with one attached hydrogen (secondary N) is 6. The summed E-state index contributed by atoms with van der Waals surface area (Å²) in [6.07, 6.45) is 4.09. The zero-order valence-electron chi connectivity index (χ0n) is 42.4. The number of fused-ring (bicyclic) bond motifs is 2. The third-order valence-electron chi connectivity index (χ3n) is 16.4. The molecule has 4 unspecified atom stereocenters. The Morgan fingerprint density at radius 2 is 0.882 bits per heavy atom. The Balaban J connectivity index is 0.000000254. The quantitative estimate of drug-likeness (QED) is 0.103. The van der Waals surface area contributed by atoms with E-state index in [0.29, 0.717) is 37.8 Å². The number of piperidine rings is 2. The van der Waals surface area contributed by atoms with Gasteiger partial charge in [-0.3, -0.25) is 28.8 Å². The summed E-state index contributed by atoms with van der Waals surface area (Å²) in [4.78, 5) is 105. The summed E-state index contributed by atoms with van der Waals surface area (Å²) in [5.74, 6) is -2.24. The molecule has 2 heterocycles. The van der Waals surface area contributed by atoms with Crippen molar-refractivity contribution in [2.24, 2.45) is 68.6 Å². The van der Waals surface area contributed by atoms with Crippen LogP contribution in [0.3, 0.4) is 0 Å². The average molecular weight is 959 g/mol. The van der Waals surface area contributed by atoms with Crippen LogP contribution in [-0.4, -0.2) is 143 Å². The van der Waals surface area contributed by atoms with E-state index in [1.807, 2.05) is 41.5 Å². The molecule has 0 aromatic heterocycles. The third kappa shape index (κ3) is 11.5. The predicted molar refractivity (Wildman–Crippen MR) is 252 cm³/mol. The number of nitrogens with zero attached hydrogens (tertiary/aromatic N) is 2. The normalized spacial score (nSPS) is 28.1. The van der Waals surface area contributed by atoms with E-state index in [9.17, 15) is 48.6 Å². The zero-order valence-corrected chi connectivity index (χ0v) is 42.4. The fourth-order valence-corrected chi connectivity index (χ4v) is 11.3. The molecule has 4 aliphatic carbocycles. The lowest BCUT2D eigenvalue weighted by Crippen LogP contribution is -2.61. The van der Waals surface area contributed by atoms with Crippen molar-refractivity contribution < 1.29 is 48.6 Å². The molecule has 68 heavy (non-hydrogen) atoms. The molecule has 6 aliphatic rings. The molecule has 0 bridgehead atoms. The van der Waals surface area contributed by atoms with Crippen molar-refractivity contribution in [1.82, 2.24) is 41.7 Å². The lowest BCUT2D eigenvalue weighted by Gasteiger charge is -2.38. The van der Waals surface area contributed by atoms with Gasteiger partial charge in [0.1, 0.15) is 24.2 Å². The molecule has 10 amide bonds. The minimum atomic E-state index is -1.49. The first kappa shape index (κ1) is 54.2. The van der Waals surface area contributed by atoms with Gasteiger partial charge in [-0.05, 0) is 70.0 Å². The topological polar surface area (TPSA) is 308 Å². The summed E-state index contributed by atoms with van der Waals surface area (Å²) in [5, 5.41) is 37.0. The molecule has 2 aliphatic heterocycles. The second-order valence-corrected chi connectivity index (χ2v) is 23.8. The standard InChI is InChI=1S/2C24H41N5O5/c2*1-23(2,3)18(28-22(34)26-6)21(33)29-11-13-15(24(13,4)5)16(29)20(32)27-14(17(30)19(25)31)10-12-8-7-9-12/h2*12-18,30H,7-11H2,1-6H3,(H2,25,31)(H,27,32)(H2,26,28,34)/t2*13-,14?,15-,16-,17?,18+/m00/s1. The Labute approximate surface area is 401 Å². The summed E-state index contributed by atoms with van der Waals surface area (Å²) in [6.45, 7) is 20.3. The molecule has 20 nitrogen and oxygen atoms in total. The van der Waals surface area contributed by atoms with Crippen LogP contribution in [-0.2, 0) is 28.8 Å². The monoisotopic (exact) mass is 959 g/mol. The van der Waals surface area contributed by atoms with Gasteiger partial charge in [-0.2, -0.15) is 0 Å². The molecule has 4 saturated carbocycles. The predicted octanol–water partition coefficient (Wildman–Crippen LogP) is 0.669. The molecule has 0 aromatic carbocycles. The first-order valence-corrected chi connectivity index (χ1v) is 24.5. The van der Waals surface area contributed by atoms with Crippen molar-refractivity contribution in [3.63, 3.8) is 0 Å². The van der Waals surface area contributed by atoms with E-state index >= 15 is 0 Å². The summed E-state index contributed by atoms with van der Waals surface area (Å²) in [5.41, 5.74) is 9.34. The van der Waals surface area contributed by atoms with E-state index in [2.05, 4.69) is 59.6 Å². The van der Waals surface area contributed by atoms with Crippen LogP contribution in [0.15, 0.2) is 0 Å². The average Bonchev–Trinajstić information content (AvgIpc) is 3.67. The Morgan fingerprint density at radius 1 is 0.574 bits per heavy atom. The Bertz CT molecular complexity index is 1800. The van der Waals surface area contributed by atoms with E-state index in [1.165, 1.54) is 14.1 Å². The number of rotatable bonds is 16. The smallest absolute Gasteiger partial charge is 0.315 e. The van der Waals surface area contributed by atoms with Gasteiger partial charge in [0.05, 0.1) is 12.1 Å². The van der Waals surface area contributed by atoms with Crippen LogP contribution in [0, 0.1) is 57.2 Å². The summed E-state index contributed by atoms with van der Waals surface area (Å²) < 4.78 is 0. The van der Waals surface area contributed by atoms with Crippen molar-refractivity contribution in [3.8, 4) is 0 Å². The Kier molecular flexibility index (Phi) is 16.2. The fourth-order valence-electron chi connectivity index (χ4n) is 11.3. The minimum absolute atomic E-state index is 0.0351. The molecular formula is C48H82N10O10. The molecule has 6 rings (SSSR count). The number of urea groups is 2. The van der Waals surface area contributed by atoms with Crippen LogP contribution in [0.2, 0.25) is 0 Å². The maximum absolute atomic E-state index is 13.7. The second kappa shape index (κ2) is 20.3. The molecule has 384 valence electrons. The van der Waals surface area contributed by atoms with Crippen molar-refractivity contribution in [2.75, 3.05) is 27.2 Å². The molecule has 0 spiro atoms. The molecule has 12 N–H and O–H groups in total. The molecule has 20 heteroatoms. The van der Waals surface area contributed by atoms with Crippen LogP contribution < -0.4 is 43.4 Å². The molecule has 12 atom stereocenters. The van der Waals surface area contributed by atoms with Crippen molar-refractivity contribution in [2.45, 2.75) is 169 Å². The zero-order chi connectivity index (χ0) is 51.2. The van der Waals surface area contributed by atoms with Gasteiger partial charge in [0.25, 0.3) is 0 Å². The van der Waals surface area contributed by atoms with Gasteiger partial charge in [-0.25, -0.2) is 9.59 Å². The Morgan fingerprint density at radius 3 is 1.12 bits per heavy atom. The third-order valence-corrected chi connectivity index (χ3v) is 16.4. The fraction of sp³-hybridized carbons (Fsp3) is 0.833. The Hall–Kier alpha value is -4.72. The van der Waals surface area contributed by atoms with Crippen LogP contribution in [0.4, 0.5) is 9.59 Å². The summed E-state index contributed by atoms with van der Waals surface area (Å²) in [7, 11) is 2.96. The summed E-state index contributed by atoms with van der Waals surface area (Å²) >= 11 is 0. The van der Waals surface area contributed by atoms with Gasteiger partial charge in [-0.1, -0.05) is 108 Å². The molecule has 0 radical (unpaired) electrons. The number of hydrogen-bond donors (Lipinski definition) is 10. The molecular weight excluding hydrogens is 877 g/mol. The molecule has 2 saturated heterocycles. The highest BCUT2D eigenvalue weighted by atomic mass is 16.3. The lowest BCUT2D eigenvalue weighted by atomic mass is 9.79. The van der Waals surface area contributed by atoms with Crippen molar-refractivity contribution >= 4 is 47.5 Å². The molecule has 0 aromatic rings. The number of carbonyl (C=O) groups excluding carboxylic acids is 8. The number of carbonyl (C=O) groups is 8. The lowest BCUT2D eigenvalue weighted by molar-refractivity contribution is -0.144. The highest BCUT2D eigenvalue weighted by Gasteiger charge is 2.71. The number of likely N-dealkylation sites (tertiary alicyclic amines) is 2. The van der Waals surface area contributed by atoms with Gasteiger partial charge < -0.3 is 63.4 Å². The second-order valence-electron chi connectivity index (χ2n) is 23.8. The minimum Gasteiger partial charge on any atom is -0.381 e. The van der Waals surface area contributed by atoms with E-state index in [0.717, 1.165) is 38.5 Å². The van der Waals surface area contributed by atoms with Gasteiger partial charge in [0, 0.05) is 27.2 Å². The van der Waals surface area contributed by atoms with Gasteiger partial charge in [-0.15, -0.1) is 0 Å². The maximum atomic E-state index is 13.7. The SMILES string of the molecule is CNC(=O)N[C@H](C(=O)N1C[C@H]2[C@@H]([C@H]1C(=O)NC(CC1CCC1)C(O)C(N)=O)C2(C)C)C(C)(C)C.CNC(=O)N[C@H](C(=O)N1C[C@H]2[C@@H]([C@H]1C(=O)NC(CC1CCC1)C(O)C(N)=O)C2(C)C)C(C)(C)C. The maximum Gasteiger partial charge on any atom is 0.315 e. The van der Waals surface area contributed by atoms with Crippen molar-refractivity contribution in [3.05, 3.63) is 0 Å².